The molecule has 1 amide bonds. The second-order valence-electron chi connectivity index (χ2n) is 10.9. The Hall–Kier alpha value is -2.80. The first-order valence-electron chi connectivity index (χ1n) is 15.5. The van der Waals surface area contributed by atoms with Crippen molar-refractivity contribution in [1.82, 2.24) is 29.8 Å². The third-order valence-corrected chi connectivity index (χ3v) is 6.85. The normalized spacial score (nSPS) is 11.4. The molecule has 0 saturated heterocycles. The minimum atomic E-state index is -0.216. The molecule has 0 bridgehead atoms. The summed E-state index contributed by atoms with van der Waals surface area (Å²) in [5, 5.41) is 6.84. The van der Waals surface area contributed by atoms with Crippen molar-refractivity contribution in [2.24, 2.45) is 5.92 Å². The first-order valence-corrected chi connectivity index (χ1v) is 15.5. The molecule has 0 aliphatic rings. The first kappa shape index (κ1) is 35.2. The molecule has 7 heteroatoms. The number of nitrogens with one attached hydrogen (secondary N) is 1. The standard InChI is InChI=1S/C14H13N5O.C10H22.C9H21N/c1-9-6-17-13-11(7-18-19(13)8-9)10-3-4-16-12(5-10)14(20)15-2;2*1-4-6-7-9-10(3)8-5-2/h3-8H,1-2H3,(H,15,20);10H,4-9H2,1-3H3;4-9H2,1-3H3. The maximum atomic E-state index is 11.6. The van der Waals surface area contributed by atoms with Gasteiger partial charge < -0.3 is 10.2 Å². The van der Waals surface area contributed by atoms with Crippen LogP contribution in [0.4, 0.5) is 0 Å². The molecule has 0 spiro atoms. The van der Waals surface area contributed by atoms with Crippen LogP contribution in [0.25, 0.3) is 16.8 Å². The number of hydrogen-bond acceptors (Lipinski definition) is 5. The highest BCUT2D eigenvalue weighted by Crippen LogP contribution is 2.23. The lowest BCUT2D eigenvalue weighted by molar-refractivity contribution is 0.0958. The van der Waals surface area contributed by atoms with E-state index in [0.717, 1.165) is 28.3 Å². The zero-order valence-electron chi connectivity index (χ0n) is 26.7. The van der Waals surface area contributed by atoms with Crippen LogP contribution in [-0.4, -0.2) is 57.6 Å². The van der Waals surface area contributed by atoms with Gasteiger partial charge in [0.1, 0.15) is 5.69 Å². The Balaban J connectivity index is 0.000000340. The fourth-order valence-corrected chi connectivity index (χ4v) is 4.53. The van der Waals surface area contributed by atoms with Crippen molar-refractivity contribution < 1.29 is 4.79 Å². The predicted octanol–water partition coefficient (Wildman–Crippen LogP) is 7.98. The molecule has 224 valence electrons. The Labute approximate surface area is 244 Å². The van der Waals surface area contributed by atoms with Crippen LogP contribution in [0.3, 0.4) is 0 Å². The fourth-order valence-electron chi connectivity index (χ4n) is 4.53. The lowest BCUT2D eigenvalue weighted by Crippen LogP contribution is -2.20. The van der Waals surface area contributed by atoms with E-state index in [4.69, 9.17) is 0 Å². The maximum Gasteiger partial charge on any atom is 0.269 e. The van der Waals surface area contributed by atoms with Crippen molar-refractivity contribution in [2.45, 2.75) is 106 Å². The number of rotatable bonds is 14. The molecule has 1 N–H and O–H groups in total. The Morgan fingerprint density at radius 1 is 0.950 bits per heavy atom. The number of carbonyl (C=O) groups is 1. The smallest absolute Gasteiger partial charge is 0.269 e. The molecule has 1 unspecified atom stereocenters. The van der Waals surface area contributed by atoms with Crippen LogP contribution in [0.5, 0.6) is 0 Å². The summed E-state index contributed by atoms with van der Waals surface area (Å²) in [6.45, 7) is 15.9. The molecule has 1 atom stereocenters. The highest BCUT2D eigenvalue weighted by molar-refractivity contribution is 5.93. The van der Waals surface area contributed by atoms with Gasteiger partial charge >= 0.3 is 0 Å². The number of aryl methyl sites for hydroxylation is 1. The molecular weight excluding hydrogens is 496 g/mol. The second-order valence-corrected chi connectivity index (χ2v) is 10.9. The van der Waals surface area contributed by atoms with Crippen molar-refractivity contribution in [3.63, 3.8) is 0 Å². The number of nitrogens with zero attached hydrogens (tertiary/aromatic N) is 5. The van der Waals surface area contributed by atoms with E-state index in [0.29, 0.717) is 5.69 Å². The van der Waals surface area contributed by atoms with E-state index in [1.807, 2.05) is 19.2 Å². The van der Waals surface area contributed by atoms with Crippen LogP contribution >= 0.6 is 0 Å². The molecule has 0 radical (unpaired) electrons. The van der Waals surface area contributed by atoms with Gasteiger partial charge in [0.05, 0.1) is 6.20 Å². The van der Waals surface area contributed by atoms with Crippen LogP contribution in [0.2, 0.25) is 0 Å². The van der Waals surface area contributed by atoms with Crippen molar-refractivity contribution in [3.8, 4) is 11.1 Å². The Morgan fingerprint density at radius 2 is 1.68 bits per heavy atom. The summed E-state index contributed by atoms with van der Waals surface area (Å²) >= 11 is 0. The highest BCUT2D eigenvalue weighted by atomic mass is 16.1. The maximum absolute atomic E-state index is 11.6. The number of carbonyl (C=O) groups excluding carboxylic acids is 1. The molecule has 0 saturated carbocycles. The molecule has 3 aromatic rings. The average Bonchev–Trinajstić information content (AvgIpc) is 3.37. The summed E-state index contributed by atoms with van der Waals surface area (Å²) in [4.78, 5) is 22.5. The van der Waals surface area contributed by atoms with Gasteiger partial charge in [-0.1, -0.05) is 86.0 Å². The fraction of sp³-hybridized carbons (Fsp3) is 0.636. The summed E-state index contributed by atoms with van der Waals surface area (Å²) in [6, 6.07) is 3.57. The van der Waals surface area contributed by atoms with Crippen LogP contribution in [0.1, 0.15) is 115 Å². The number of amides is 1. The van der Waals surface area contributed by atoms with Crippen LogP contribution < -0.4 is 5.32 Å². The molecule has 0 aliphatic heterocycles. The minimum Gasteiger partial charge on any atom is -0.354 e. The molecule has 0 fully saturated rings. The van der Waals surface area contributed by atoms with Crippen molar-refractivity contribution in [1.29, 1.82) is 0 Å². The summed E-state index contributed by atoms with van der Waals surface area (Å²) in [5.74, 6) is 0.753. The summed E-state index contributed by atoms with van der Waals surface area (Å²) in [7, 11) is 3.79. The van der Waals surface area contributed by atoms with E-state index in [9.17, 15) is 4.79 Å². The third-order valence-electron chi connectivity index (χ3n) is 6.85. The molecular formula is C33H56N6O. The van der Waals surface area contributed by atoms with Gasteiger partial charge in [0, 0.05) is 31.2 Å². The van der Waals surface area contributed by atoms with Crippen molar-refractivity contribution in [2.75, 3.05) is 27.2 Å². The molecule has 3 aromatic heterocycles. The van der Waals surface area contributed by atoms with Crippen LogP contribution in [0.15, 0.2) is 36.9 Å². The van der Waals surface area contributed by atoms with Crippen LogP contribution in [0, 0.1) is 12.8 Å². The third kappa shape index (κ3) is 13.5. The van der Waals surface area contributed by atoms with Gasteiger partial charge in [0.15, 0.2) is 5.65 Å². The average molecular weight is 553 g/mol. The van der Waals surface area contributed by atoms with Gasteiger partial charge in [0.25, 0.3) is 5.91 Å². The van der Waals surface area contributed by atoms with Gasteiger partial charge in [-0.25, -0.2) is 9.50 Å². The Bertz CT molecular complexity index is 1060. The predicted molar refractivity (Wildman–Crippen MR) is 170 cm³/mol. The minimum absolute atomic E-state index is 0.216. The van der Waals surface area contributed by atoms with Gasteiger partial charge in [-0.3, -0.25) is 9.78 Å². The van der Waals surface area contributed by atoms with Gasteiger partial charge in [0.2, 0.25) is 0 Å². The lowest BCUT2D eigenvalue weighted by atomic mass is 9.99. The number of unbranched alkanes of at least 4 members (excludes halogenated alkanes) is 4. The van der Waals surface area contributed by atoms with E-state index < -0.39 is 0 Å². The zero-order chi connectivity index (χ0) is 29.8. The van der Waals surface area contributed by atoms with Gasteiger partial charge in [-0.15, -0.1) is 0 Å². The quantitative estimate of drug-likeness (QED) is 0.205. The first-order chi connectivity index (χ1) is 19.3. The highest BCUT2D eigenvalue weighted by Gasteiger charge is 2.11. The topological polar surface area (TPSA) is 75.4 Å². The van der Waals surface area contributed by atoms with E-state index in [1.54, 1.807) is 36.2 Å². The van der Waals surface area contributed by atoms with Crippen molar-refractivity contribution >= 4 is 11.6 Å². The Morgan fingerprint density at radius 3 is 2.33 bits per heavy atom. The zero-order valence-corrected chi connectivity index (χ0v) is 26.7. The molecule has 3 rings (SSSR count). The summed E-state index contributed by atoms with van der Waals surface area (Å²) < 4.78 is 1.73. The monoisotopic (exact) mass is 552 g/mol. The number of aromatic nitrogens is 4. The molecule has 0 aliphatic carbocycles. The van der Waals surface area contributed by atoms with Gasteiger partial charge in [-0.2, -0.15) is 5.10 Å². The molecule has 40 heavy (non-hydrogen) atoms. The molecule has 0 aromatic carbocycles. The van der Waals surface area contributed by atoms with E-state index in [2.05, 4.69) is 66.9 Å². The van der Waals surface area contributed by atoms with E-state index in [-0.39, 0.29) is 5.91 Å². The number of hydrogen-bond donors (Lipinski definition) is 1. The number of pyridine rings is 1. The number of fused-ring (bicyclic) bond motifs is 1. The van der Waals surface area contributed by atoms with Gasteiger partial charge in [-0.05, 0) is 69.1 Å². The largest absolute Gasteiger partial charge is 0.354 e. The van der Waals surface area contributed by atoms with E-state index in [1.165, 1.54) is 77.3 Å². The van der Waals surface area contributed by atoms with Crippen molar-refractivity contribution in [3.05, 3.63) is 48.2 Å². The second kappa shape index (κ2) is 21.0. The Kier molecular flexibility index (Phi) is 18.5. The van der Waals surface area contributed by atoms with Crippen LogP contribution in [-0.2, 0) is 0 Å². The lowest BCUT2D eigenvalue weighted by Gasteiger charge is -2.14. The summed E-state index contributed by atoms with van der Waals surface area (Å²) in [6.07, 6.45) is 20.9. The molecule has 7 nitrogen and oxygen atoms in total. The van der Waals surface area contributed by atoms with E-state index >= 15 is 0 Å². The molecule has 3 heterocycles. The summed E-state index contributed by atoms with van der Waals surface area (Å²) in [5.41, 5.74) is 3.90. The SMILES string of the molecule is CCCCCC(C)CCC.CCCCCN(C)CCC.CNC(=O)c1cc(-c2cnn3cc(C)cnc23)ccn1.